The normalized spacial score (nSPS) is 28.9. The van der Waals surface area contributed by atoms with Gasteiger partial charge in [-0.3, -0.25) is 4.68 Å². The number of nitriles is 1. The van der Waals surface area contributed by atoms with E-state index in [9.17, 15) is 10.4 Å². The quantitative estimate of drug-likeness (QED) is 0.910. The fourth-order valence-electron chi connectivity index (χ4n) is 3.08. The Morgan fingerprint density at radius 3 is 2.74 bits per heavy atom. The molecule has 1 aromatic heterocycles. The largest absolute Gasteiger partial charge is 0.387 e. The second-order valence-electron chi connectivity index (χ2n) is 5.91. The van der Waals surface area contributed by atoms with Gasteiger partial charge < -0.3 is 5.11 Å². The number of aliphatic hydroxyl groups is 1. The summed E-state index contributed by atoms with van der Waals surface area (Å²) >= 11 is 0. The molecule has 1 unspecified atom stereocenters. The van der Waals surface area contributed by atoms with E-state index >= 15 is 0 Å². The summed E-state index contributed by atoms with van der Waals surface area (Å²) in [5, 5.41) is 24.7. The van der Waals surface area contributed by atoms with Crippen molar-refractivity contribution in [3.05, 3.63) is 17.5 Å². The van der Waals surface area contributed by atoms with Crippen LogP contribution in [-0.2, 0) is 13.5 Å². The lowest BCUT2D eigenvalue weighted by atomic mass is 9.67. The Kier molecular flexibility index (Phi) is 3.96. The van der Waals surface area contributed by atoms with Crippen molar-refractivity contribution in [1.29, 1.82) is 5.26 Å². The maximum atomic E-state index is 10.7. The first-order valence-corrected chi connectivity index (χ1v) is 7.14. The van der Waals surface area contributed by atoms with Crippen LogP contribution in [0, 0.1) is 22.7 Å². The van der Waals surface area contributed by atoms with Gasteiger partial charge in [0.2, 0.25) is 0 Å². The van der Waals surface area contributed by atoms with E-state index in [1.807, 2.05) is 20.2 Å². The minimum Gasteiger partial charge on any atom is -0.387 e. The van der Waals surface area contributed by atoms with E-state index in [0.717, 1.165) is 43.4 Å². The molecule has 104 valence electrons. The third-order valence-electron chi connectivity index (χ3n) is 4.48. The minimum atomic E-state index is -0.714. The number of rotatable bonds is 3. The highest BCUT2D eigenvalue weighted by atomic mass is 16.3. The Morgan fingerprint density at radius 1 is 1.58 bits per heavy atom. The van der Waals surface area contributed by atoms with E-state index in [-0.39, 0.29) is 0 Å². The summed E-state index contributed by atoms with van der Waals surface area (Å²) in [5.41, 5.74) is 1.11. The predicted octanol–water partition coefficient (Wildman–Crippen LogP) is 2.74. The van der Waals surface area contributed by atoms with E-state index in [0.29, 0.717) is 5.92 Å². The van der Waals surface area contributed by atoms with Crippen LogP contribution in [0.3, 0.4) is 0 Å². The van der Waals surface area contributed by atoms with Crippen molar-refractivity contribution in [1.82, 2.24) is 9.78 Å². The van der Waals surface area contributed by atoms with Gasteiger partial charge in [-0.25, -0.2) is 0 Å². The highest BCUT2D eigenvalue weighted by molar-refractivity contribution is 5.25. The smallest absolute Gasteiger partial charge is 0.101 e. The van der Waals surface area contributed by atoms with Gasteiger partial charge in [0, 0.05) is 18.8 Å². The first-order chi connectivity index (χ1) is 9.02. The van der Waals surface area contributed by atoms with E-state index in [1.54, 1.807) is 4.68 Å². The SMILES string of the molecule is CCc1nn(C)cc1C(O)C1(C#N)CCC(C)CC1. The molecular formula is C15H23N3O. The van der Waals surface area contributed by atoms with Gasteiger partial charge in [0.15, 0.2) is 0 Å². The second-order valence-corrected chi connectivity index (χ2v) is 5.91. The summed E-state index contributed by atoms with van der Waals surface area (Å²) in [6.45, 7) is 4.25. The molecule has 4 heteroatoms. The lowest BCUT2D eigenvalue weighted by molar-refractivity contribution is 0.0260. The van der Waals surface area contributed by atoms with Crippen molar-refractivity contribution in [3.8, 4) is 6.07 Å². The molecule has 0 saturated heterocycles. The number of aromatic nitrogens is 2. The highest BCUT2D eigenvalue weighted by Crippen LogP contribution is 2.47. The maximum Gasteiger partial charge on any atom is 0.101 e. The Hall–Kier alpha value is -1.34. The summed E-state index contributed by atoms with van der Waals surface area (Å²) in [7, 11) is 1.86. The zero-order chi connectivity index (χ0) is 14.0. The predicted molar refractivity (Wildman–Crippen MR) is 73.2 cm³/mol. The maximum absolute atomic E-state index is 10.7. The van der Waals surface area contributed by atoms with Crippen molar-refractivity contribution in [3.63, 3.8) is 0 Å². The van der Waals surface area contributed by atoms with Gasteiger partial charge in [-0.2, -0.15) is 10.4 Å². The summed E-state index contributed by atoms with van der Waals surface area (Å²) in [5.74, 6) is 0.660. The van der Waals surface area contributed by atoms with Crippen LogP contribution in [0.5, 0.6) is 0 Å². The third-order valence-corrected chi connectivity index (χ3v) is 4.48. The molecular weight excluding hydrogens is 238 g/mol. The van der Waals surface area contributed by atoms with Gasteiger partial charge in [0.05, 0.1) is 17.2 Å². The topological polar surface area (TPSA) is 61.8 Å². The minimum absolute atomic E-state index is 0.626. The van der Waals surface area contributed by atoms with Crippen molar-refractivity contribution in [2.45, 2.75) is 52.1 Å². The van der Waals surface area contributed by atoms with E-state index in [4.69, 9.17) is 0 Å². The van der Waals surface area contributed by atoms with E-state index in [2.05, 4.69) is 18.1 Å². The molecule has 0 radical (unpaired) electrons. The molecule has 1 heterocycles. The molecule has 1 aromatic rings. The van der Waals surface area contributed by atoms with Gasteiger partial charge in [0.25, 0.3) is 0 Å². The molecule has 0 bridgehead atoms. The van der Waals surface area contributed by atoms with Gasteiger partial charge in [-0.15, -0.1) is 0 Å². The van der Waals surface area contributed by atoms with Crippen LogP contribution in [0.1, 0.15) is 56.9 Å². The van der Waals surface area contributed by atoms with Crippen LogP contribution in [-0.4, -0.2) is 14.9 Å². The first-order valence-electron chi connectivity index (χ1n) is 7.14. The zero-order valence-corrected chi connectivity index (χ0v) is 12.1. The Balaban J connectivity index is 2.30. The van der Waals surface area contributed by atoms with Crippen molar-refractivity contribution in [2.75, 3.05) is 0 Å². The average Bonchev–Trinajstić information content (AvgIpc) is 2.80. The van der Waals surface area contributed by atoms with Crippen molar-refractivity contribution < 1.29 is 5.11 Å². The molecule has 1 saturated carbocycles. The molecule has 0 aromatic carbocycles. The van der Waals surface area contributed by atoms with Crippen molar-refractivity contribution >= 4 is 0 Å². The lowest BCUT2D eigenvalue weighted by Crippen LogP contribution is -2.32. The standard InChI is InChI=1S/C15H23N3O/c1-4-13-12(9-18(3)17-13)14(19)15(10-16)7-5-11(2)6-8-15/h9,11,14,19H,4-8H2,1-3H3. The van der Waals surface area contributed by atoms with Crippen LogP contribution in [0.25, 0.3) is 0 Å². The molecule has 0 spiro atoms. The molecule has 2 rings (SSSR count). The number of aliphatic hydroxyl groups excluding tert-OH is 1. The molecule has 1 N–H and O–H groups in total. The van der Waals surface area contributed by atoms with Crippen LogP contribution >= 0.6 is 0 Å². The summed E-state index contributed by atoms with van der Waals surface area (Å²) in [6, 6.07) is 2.41. The molecule has 1 aliphatic carbocycles. The van der Waals surface area contributed by atoms with Crippen LogP contribution in [0.4, 0.5) is 0 Å². The molecule has 0 aliphatic heterocycles. The molecule has 19 heavy (non-hydrogen) atoms. The summed E-state index contributed by atoms with van der Waals surface area (Å²) < 4.78 is 1.73. The van der Waals surface area contributed by atoms with Crippen molar-refractivity contribution in [2.24, 2.45) is 18.4 Å². The number of aryl methyl sites for hydroxylation is 2. The first kappa shape index (κ1) is 14.1. The second kappa shape index (κ2) is 5.34. The highest BCUT2D eigenvalue weighted by Gasteiger charge is 2.42. The Labute approximate surface area is 115 Å². The fraction of sp³-hybridized carbons (Fsp3) is 0.733. The Morgan fingerprint density at radius 2 is 2.21 bits per heavy atom. The number of nitrogens with zero attached hydrogens (tertiary/aromatic N) is 3. The monoisotopic (exact) mass is 261 g/mol. The molecule has 1 aliphatic rings. The van der Waals surface area contributed by atoms with Gasteiger partial charge in [0.1, 0.15) is 6.10 Å². The van der Waals surface area contributed by atoms with Gasteiger partial charge >= 0.3 is 0 Å². The van der Waals surface area contributed by atoms with Gasteiger partial charge in [-0.05, 0) is 38.0 Å². The van der Waals surface area contributed by atoms with E-state index < -0.39 is 11.5 Å². The van der Waals surface area contributed by atoms with Crippen LogP contribution in [0.15, 0.2) is 6.20 Å². The molecule has 1 fully saturated rings. The average molecular weight is 261 g/mol. The number of hydrogen-bond donors (Lipinski definition) is 1. The third kappa shape index (κ3) is 2.52. The number of hydrogen-bond acceptors (Lipinski definition) is 3. The molecule has 4 nitrogen and oxygen atoms in total. The van der Waals surface area contributed by atoms with Gasteiger partial charge in [-0.1, -0.05) is 13.8 Å². The van der Waals surface area contributed by atoms with Crippen LogP contribution < -0.4 is 0 Å². The molecule has 0 amide bonds. The lowest BCUT2D eigenvalue weighted by Gasteiger charge is -2.37. The zero-order valence-electron chi connectivity index (χ0n) is 12.1. The Bertz CT molecular complexity index is 478. The van der Waals surface area contributed by atoms with Crippen LogP contribution in [0.2, 0.25) is 0 Å². The fourth-order valence-corrected chi connectivity index (χ4v) is 3.08. The summed E-state index contributed by atoms with van der Waals surface area (Å²) in [6.07, 6.45) is 5.53. The van der Waals surface area contributed by atoms with E-state index in [1.165, 1.54) is 0 Å². The molecule has 1 atom stereocenters. The summed E-state index contributed by atoms with van der Waals surface area (Å²) in [4.78, 5) is 0.